The SMILES string of the molecule is C=C/C=C/NC(=O)NC(C)N1C(=O)COC1c1cn(-c2ccc(Br)cc2)nc1-c1ccc(F)cc1. The first-order valence-electron chi connectivity index (χ1n) is 10.8. The van der Waals surface area contributed by atoms with E-state index in [1.54, 1.807) is 36.0 Å². The number of halogens is 2. The van der Waals surface area contributed by atoms with Gasteiger partial charge in [0.05, 0.1) is 5.69 Å². The minimum absolute atomic E-state index is 0.152. The fraction of sp³-hybridized carbons (Fsp3) is 0.160. The topological polar surface area (TPSA) is 88.5 Å². The number of benzene rings is 2. The zero-order valence-corrected chi connectivity index (χ0v) is 20.4. The average molecular weight is 540 g/mol. The fourth-order valence-electron chi connectivity index (χ4n) is 3.71. The van der Waals surface area contributed by atoms with E-state index < -0.39 is 18.4 Å². The number of allylic oxidation sites excluding steroid dienone is 2. The first-order chi connectivity index (χ1) is 16.9. The van der Waals surface area contributed by atoms with Gasteiger partial charge in [0, 0.05) is 28.0 Å². The molecule has 0 radical (unpaired) electrons. The molecule has 2 unspecified atom stereocenters. The average Bonchev–Trinajstić information content (AvgIpc) is 3.44. The molecule has 2 N–H and O–H groups in total. The number of carbonyl (C=O) groups excluding carboxylic acids is 2. The lowest BCUT2D eigenvalue weighted by Crippen LogP contribution is -2.50. The van der Waals surface area contributed by atoms with E-state index in [-0.39, 0.29) is 18.3 Å². The lowest BCUT2D eigenvalue weighted by atomic mass is 10.1. The van der Waals surface area contributed by atoms with E-state index in [9.17, 15) is 14.0 Å². The Bertz CT molecular complexity index is 1260. The monoisotopic (exact) mass is 539 g/mol. The highest BCUT2D eigenvalue weighted by Crippen LogP contribution is 2.36. The Morgan fingerprint density at radius 1 is 1.26 bits per heavy atom. The minimum Gasteiger partial charge on any atom is -0.344 e. The summed E-state index contributed by atoms with van der Waals surface area (Å²) in [5.74, 6) is -0.656. The van der Waals surface area contributed by atoms with E-state index in [2.05, 4.69) is 33.1 Å². The van der Waals surface area contributed by atoms with Crippen LogP contribution in [0.15, 0.2) is 84.1 Å². The molecule has 1 saturated heterocycles. The van der Waals surface area contributed by atoms with Gasteiger partial charge in [-0.25, -0.2) is 13.9 Å². The second kappa shape index (κ2) is 10.7. The van der Waals surface area contributed by atoms with Crippen molar-refractivity contribution in [1.29, 1.82) is 0 Å². The van der Waals surface area contributed by atoms with Crippen LogP contribution in [0.25, 0.3) is 16.9 Å². The summed E-state index contributed by atoms with van der Waals surface area (Å²) in [6, 6.07) is 13.0. The van der Waals surface area contributed by atoms with E-state index in [1.807, 2.05) is 24.3 Å². The summed E-state index contributed by atoms with van der Waals surface area (Å²) in [4.78, 5) is 26.4. The quantitative estimate of drug-likeness (QED) is 0.428. The molecular weight excluding hydrogens is 517 g/mol. The summed E-state index contributed by atoms with van der Waals surface area (Å²) < 4.78 is 22.1. The van der Waals surface area contributed by atoms with Crippen molar-refractivity contribution in [3.05, 3.63) is 95.5 Å². The molecule has 0 bridgehead atoms. The Hall–Kier alpha value is -3.76. The molecule has 180 valence electrons. The van der Waals surface area contributed by atoms with Crippen LogP contribution in [0.2, 0.25) is 0 Å². The smallest absolute Gasteiger partial charge is 0.320 e. The lowest BCUT2D eigenvalue weighted by Gasteiger charge is -2.29. The number of amides is 3. The van der Waals surface area contributed by atoms with E-state index >= 15 is 0 Å². The Labute approximate surface area is 210 Å². The van der Waals surface area contributed by atoms with Crippen molar-refractivity contribution in [2.45, 2.75) is 19.3 Å². The number of nitrogens with zero attached hydrogens (tertiary/aromatic N) is 3. The van der Waals surface area contributed by atoms with Gasteiger partial charge >= 0.3 is 6.03 Å². The maximum absolute atomic E-state index is 13.6. The largest absolute Gasteiger partial charge is 0.344 e. The molecule has 1 aromatic heterocycles. The van der Waals surface area contributed by atoms with Crippen molar-refractivity contribution in [2.75, 3.05) is 6.61 Å². The van der Waals surface area contributed by atoms with Crippen molar-refractivity contribution in [1.82, 2.24) is 25.3 Å². The molecule has 0 spiro atoms. The van der Waals surface area contributed by atoms with Crippen LogP contribution in [-0.4, -0.2) is 39.4 Å². The van der Waals surface area contributed by atoms with Gasteiger partial charge in [0.2, 0.25) is 0 Å². The number of carbonyl (C=O) groups is 2. The molecule has 3 amide bonds. The van der Waals surface area contributed by atoms with Crippen LogP contribution in [0.4, 0.5) is 9.18 Å². The second-order valence-electron chi connectivity index (χ2n) is 7.71. The van der Waals surface area contributed by atoms with Crippen molar-refractivity contribution in [3.63, 3.8) is 0 Å². The molecule has 0 aliphatic carbocycles. The summed E-state index contributed by atoms with van der Waals surface area (Å²) in [7, 11) is 0. The Balaban J connectivity index is 1.70. The fourth-order valence-corrected chi connectivity index (χ4v) is 3.98. The molecule has 10 heteroatoms. The first kappa shape index (κ1) is 24.4. The molecule has 2 aromatic carbocycles. The standard InChI is InChI=1S/C25H23BrFN5O3/c1-3-4-13-28-25(34)29-16(2)32-22(33)15-35-24(32)21-14-31(20-11-7-18(26)8-12-20)30-23(21)17-5-9-19(27)10-6-17/h3-14,16,24H,1,15H2,2H3,(H2,28,29,34)/b13-4+. The normalized spacial score (nSPS) is 16.5. The van der Waals surface area contributed by atoms with Gasteiger partial charge in [0.1, 0.15) is 24.3 Å². The van der Waals surface area contributed by atoms with Crippen LogP contribution < -0.4 is 10.6 Å². The third-order valence-electron chi connectivity index (χ3n) is 5.33. The lowest BCUT2D eigenvalue weighted by molar-refractivity contribution is -0.130. The maximum Gasteiger partial charge on any atom is 0.320 e. The van der Waals surface area contributed by atoms with Crippen LogP contribution >= 0.6 is 15.9 Å². The number of nitrogens with one attached hydrogen (secondary N) is 2. The van der Waals surface area contributed by atoms with Crippen LogP contribution in [-0.2, 0) is 9.53 Å². The molecule has 1 fully saturated rings. The second-order valence-corrected chi connectivity index (χ2v) is 8.63. The Morgan fingerprint density at radius 2 is 1.97 bits per heavy atom. The van der Waals surface area contributed by atoms with Gasteiger partial charge in [-0.2, -0.15) is 5.10 Å². The summed E-state index contributed by atoms with van der Waals surface area (Å²) in [6.07, 6.45) is 4.80. The highest BCUT2D eigenvalue weighted by Gasteiger charge is 2.39. The molecule has 2 atom stereocenters. The van der Waals surface area contributed by atoms with Gasteiger partial charge in [0.15, 0.2) is 6.23 Å². The molecular formula is C25H23BrFN5O3. The first-order valence-corrected chi connectivity index (χ1v) is 11.6. The number of hydrogen-bond acceptors (Lipinski definition) is 4. The summed E-state index contributed by atoms with van der Waals surface area (Å²) in [5.41, 5.74) is 2.58. The van der Waals surface area contributed by atoms with E-state index in [4.69, 9.17) is 9.84 Å². The highest BCUT2D eigenvalue weighted by molar-refractivity contribution is 9.10. The molecule has 3 aromatic rings. The number of aromatic nitrogens is 2. The van der Waals surface area contributed by atoms with Crippen LogP contribution in [0.1, 0.15) is 18.7 Å². The Morgan fingerprint density at radius 3 is 2.66 bits per heavy atom. The Kier molecular flexibility index (Phi) is 7.42. The van der Waals surface area contributed by atoms with Crippen molar-refractivity contribution >= 4 is 27.9 Å². The van der Waals surface area contributed by atoms with Crippen LogP contribution in [0.5, 0.6) is 0 Å². The number of rotatable bonds is 7. The molecule has 4 rings (SSSR count). The zero-order valence-electron chi connectivity index (χ0n) is 18.8. The predicted octanol–water partition coefficient (Wildman–Crippen LogP) is 4.64. The van der Waals surface area contributed by atoms with Gasteiger partial charge in [-0.15, -0.1) is 0 Å². The van der Waals surface area contributed by atoms with Crippen LogP contribution in [0, 0.1) is 5.82 Å². The van der Waals surface area contributed by atoms with Gasteiger partial charge < -0.3 is 15.4 Å². The van der Waals surface area contributed by atoms with Crippen molar-refractivity contribution in [3.8, 4) is 16.9 Å². The molecule has 35 heavy (non-hydrogen) atoms. The molecule has 2 heterocycles. The van der Waals surface area contributed by atoms with E-state index in [1.165, 1.54) is 29.3 Å². The van der Waals surface area contributed by atoms with E-state index in [0.717, 1.165) is 10.2 Å². The van der Waals surface area contributed by atoms with Gasteiger partial charge in [0.25, 0.3) is 5.91 Å². The zero-order chi connectivity index (χ0) is 24.9. The van der Waals surface area contributed by atoms with Gasteiger partial charge in [-0.05, 0) is 61.5 Å². The number of urea groups is 1. The third-order valence-corrected chi connectivity index (χ3v) is 5.86. The molecule has 1 aliphatic heterocycles. The van der Waals surface area contributed by atoms with E-state index in [0.29, 0.717) is 16.8 Å². The third kappa shape index (κ3) is 5.50. The summed E-state index contributed by atoms with van der Waals surface area (Å²) in [5, 5.41) is 10.0. The van der Waals surface area contributed by atoms with Crippen molar-refractivity contribution < 1.29 is 18.7 Å². The van der Waals surface area contributed by atoms with Gasteiger partial charge in [-0.3, -0.25) is 9.69 Å². The maximum atomic E-state index is 13.6. The molecule has 8 nitrogen and oxygen atoms in total. The van der Waals surface area contributed by atoms with Gasteiger partial charge in [-0.1, -0.05) is 28.6 Å². The molecule has 0 saturated carbocycles. The predicted molar refractivity (Wildman–Crippen MR) is 133 cm³/mol. The summed E-state index contributed by atoms with van der Waals surface area (Å²) >= 11 is 3.43. The highest BCUT2D eigenvalue weighted by atomic mass is 79.9. The minimum atomic E-state index is -0.814. The summed E-state index contributed by atoms with van der Waals surface area (Å²) in [6.45, 7) is 5.08. The van der Waals surface area contributed by atoms with Crippen LogP contribution in [0.3, 0.4) is 0 Å². The molecule has 1 aliphatic rings. The van der Waals surface area contributed by atoms with Crippen molar-refractivity contribution in [2.24, 2.45) is 0 Å². The number of hydrogen-bond donors (Lipinski definition) is 2. The number of ether oxygens (including phenoxy) is 1.